The van der Waals surface area contributed by atoms with Crippen LogP contribution in [0, 0.1) is 20.8 Å². The van der Waals surface area contributed by atoms with Crippen molar-refractivity contribution in [3.8, 4) is 0 Å². The number of rotatable bonds is 8. The molecule has 0 saturated heterocycles. The number of nitrogens with one attached hydrogen (secondary N) is 2. The SMILES string of the molecule is Cc1cccc(CCNC(=O)CCNS(=O)(=O)c2ccc(C)c(C)c2)c1. The molecule has 0 aliphatic heterocycles. The number of hydrogen-bond acceptors (Lipinski definition) is 3. The number of aryl methyl sites for hydroxylation is 3. The lowest BCUT2D eigenvalue weighted by molar-refractivity contribution is -0.120. The third kappa shape index (κ3) is 5.97. The normalized spacial score (nSPS) is 11.3. The van der Waals surface area contributed by atoms with Gasteiger partial charge in [-0.15, -0.1) is 0 Å². The lowest BCUT2D eigenvalue weighted by atomic mass is 10.1. The molecule has 0 heterocycles. The largest absolute Gasteiger partial charge is 0.356 e. The van der Waals surface area contributed by atoms with Gasteiger partial charge in [-0.2, -0.15) is 0 Å². The minimum Gasteiger partial charge on any atom is -0.356 e. The average molecular weight is 375 g/mol. The molecule has 1 amide bonds. The smallest absolute Gasteiger partial charge is 0.240 e. The fraction of sp³-hybridized carbons (Fsp3) is 0.350. The predicted octanol–water partition coefficient (Wildman–Crippen LogP) is 2.64. The lowest BCUT2D eigenvalue weighted by Crippen LogP contribution is -2.31. The van der Waals surface area contributed by atoms with Crippen LogP contribution in [0.5, 0.6) is 0 Å². The Balaban J connectivity index is 1.75. The van der Waals surface area contributed by atoms with Crippen LogP contribution in [0.25, 0.3) is 0 Å². The molecule has 0 fully saturated rings. The highest BCUT2D eigenvalue weighted by Gasteiger charge is 2.14. The van der Waals surface area contributed by atoms with Gasteiger partial charge in [-0.1, -0.05) is 35.9 Å². The van der Waals surface area contributed by atoms with Gasteiger partial charge in [0.15, 0.2) is 0 Å². The standard InChI is InChI=1S/C20H26N2O3S/c1-15-5-4-6-18(13-15)9-11-21-20(23)10-12-22-26(24,25)19-8-7-16(2)17(3)14-19/h4-8,13-14,22H,9-12H2,1-3H3,(H,21,23). The third-order valence-corrected chi connectivity index (χ3v) is 5.71. The van der Waals surface area contributed by atoms with E-state index in [1.54, 1.807) is 18.2 Å². The average Bonchev–Trinajstić information content (AvgIpc) is 2.57. The monoisotopic (exact) mass is 374 g/mol. The van der Waals surface area contributed by atoms with E-state index in [9.17, 15) is 13.2 Å². The molecule has 140 valence electrons. The molecule has 0 bridgehead atoms. The quantitative estimate of drug-likeness (QED) is 0.746. The van der Waals surface area contributed by atoms with Crippen LogP contribution in [-0.4, -0.2) is 27.4 Å². The van der Waals surface area contributed by atoms with E-state index in [-0.39, 0.29) is 23.8 Å². The van der Waals surface area contributed by atoms with E-state index in [4.69, 9.17) is 0 Å². The zero-order chi connectivity index (χ0) is 19.2. The molecule has 0 aliphatic rings. The number of carbonyl (C=O) groups is 1. The van der Waals surface area contributed by atoms with Gasteiger partial charge in [0, 0.05) is 19.5 Å². The lowest BCUT2D eigenvalue weighted by Gasteiger charge is -2.09. The van der Waals surface area contributed by atoms with Crippen molar-refractivity contribution >= 4 is 15.9 Å². The van der Waals surface area contributed by atoms with Crippen molar-refractivity contribution in [3.05, 3.63) is 64.7 Å². The van der Waals surface area contributed by atoms with E-state index < -0.39 is 10.0 Å². The van der Waals surface area contributed by atoms with E-state index >= 15 is 0 Å². The Hall–Kier alpha value is -2.18. The van der Waals surface area contributed by atoms with E-state index in [0.717, 1.165) is 17.5 Å². The predicted molar refractivity (Wildman–Crippen MR) is 104 cm³/mol. The maximum Gasteiger partial charge on any atom is 0.240 e. The molecule has 0 unspecified atom stereocenters. The summed E-state index contributed by atoms with van der Waals surface area (Å²) in [6, 6.07) is 13.1. The van der Waals surface area contributed by atoms with Gasteiger partial charge in [-0.3, -0.25) is 4.79 Å². The van der Waals surface area contributed by atoms with Gasteiger partial charge in [0.2, 0.25) is 15.9 Å². The van der Waals surface area contributed by atoms with Crippen LogP contribution in [0.15, 0.2) is 47.4 Å². The zero-order valence-electron chi connectivity index (χ0n) is 15.5. The Morgan fingerprint density at radius 1 is 0.962 bits per heavy atom. The fourth-order valence-corrected chi connectivity index (χ4v) is 3.68. The first-order valence-corrected chi connectivity index (χ1v) is 10.2. The highest BCUT2D eigenvalue weighted by Crippen LogP contribution is 2.14. The minimum absolute atomic E-state index is 0.0749. The number of sulfonamides is 1. The van der Waals surface area contributed by atoms with Gasteiger partial charge >= 0.3 is 0 Å². The molecule has 6 heteroatoms. The van der Waals surface area contributed by atoms with Crippen molar-refractivity contribution in [3.63, 3.8) is 0 Å². The second kappa shape index (κ2) is 8.96. The van der Waals surface area contributed by atoms with Crippen LogP contribution in [0.4, 0.5) is 0 Å². The van der Waals surface area contributed by atoms with Crippen LogP contribution in [0.3, 0.4) is 0 Å². The molecular weight excluding hydrogens is 348 g/mol. The van der Waals surface area contributed by atoms with Crippen molar-refractivity contribution in [2.75, 3.05) is 13.1 Å². The molecule has 2 rings (SSSR count). The molecule has 0 spiro atoms. The minimum atomic E-state index is -3.59. The molecule has 2 aromatic rings. The first kappa shape index (κ1) is 20.1. The zero-order valence-corrected chi connectivity index (χ0v) is 16.3. The maximum absolute atomic E-state index is 12.3. The fourth-order valence-electron chi connectivity index (χ4n) is 2.57. The van der Waals surface area contributed by atoms with Gasteiger partial charge in [0.05, 0.1) is 4.90 Å². The van der Waals surface area contributed by atoms with Gasteiger partial charge < -0.3 is 5.32 Å². The summed E-state index contributed by atoms with van der Waals surface area (Å²) >= 11 is 0. The number of amides is 1. The Labute approximate surface area is 155 Å². The summed E-state index contributed by atoms with van der Waals surface area (Å²) < 4.78 is 27.0. The Morgan fingerprint density at radius 2 is 1.73 bits per heavy atom. The molecule has 26 heavy (non-hydrogen) atoms. The third-order valence-electron chi connectivity index (χ3n) is 4.25. The van der Waals surface area contributed by atoms with Crippen LogP contribution in [-0.2, 0) is 21.2 Å². The summed E-state index contributed by atoms with van der Waals surface area (Å²) in [4.78, 5) is 12.1. The summed E-state index contributed by atoms with van der Waals surface area (Å²) in [5, 5.41) is 2.82. The van der Waals surface area contributed by atoms with Crippen LogP contribution in [0.2, 0.25) is 0 Å². The number of carbonyl (C=O) groups excluding carboxylic acids is 1. The topological polar surface area (TPSA) is 75.3 Å². The Morgan fingerprint density at radius 3 is 2.42 bits per heavy atom. The molecule has 0 saturated carbocycles. The van der Waals surface area contributed by atoms with Crippen LogP contribution >= 0.6 is 0 Å². The highest BCUT2D eigenvalue weighted by atomic mass is 32.2. The van der Waals surface area contributed by atoms with Gasteiger partial charge in [0.25, 0.3) is 0 Å². The Kier molecular flexibility index (Phi) is 6.94. The van der Waals surface area contributed by atoms with Crippen molar-refractivity contribution in [2.45, 2.75) is 38.5 Å². The summed E-state index contributed by atoms with van der Waals surface area (Å²) in [5.74, 6) is -0.166. The summed E-state index contributed by atoms with van der Waals surface area (Å²) in [6.07, 6.45) is 0.861. The van der Waals surface area contributed by atoms with Crippen molar-refractivity contribution < 1.29 is 13.2 Å². The van der Waals surface area contributed by atoms with E-state index in [2.05, 4.69) is 16.1 Å². The molecule has 0 radical (unpaired) electrons. The van der Waals surface area contributed by atoms with Crippen LogP contribution < -0.4 is 10.0 Å². The highest BCUT2D eigenvalue weighted by molar-refractivity contribution is 7.89. The van der Waals surface area contributed by atoms with E-state index in [0.29, 0.717) is 6.54 Å². The van der Waals surface area contributed by atoms with Crippen molar-refractivity contribution in [1.29, 1.82) is 0 Å². The van der Waals surface area contributed by atoms with E-state index in [1.807, 2.05) is 39.0 Å². The molecule has 0 aliphatic carbocycles. The summed E-state index contributed by atoms with van der Waals surface area (Å²) in [6.45, 7) is 6.44. The molecule has 0 atom stereocenters. The second-order valence-electron chi connectivity index (χ2n) is 6.48. The molecule has 0 aromatic heterocycles. The number of benzene rings is 2. The summed E-state index contributed by atoms with van der Waals surface area (Å²) in [7, 11) is -3.59. The van der Waals surface area contributed by atoms with E-state index in [1.165, 1.54) is 11.1 Å². The second-order valence-corrected chi connectivity index (χ2v) is 8.25. The Bertz CT molecular complexity index is 876. The molecule has 5 nitrogen and oxygen atoms in total. The first-order valence-electron chi connectivity index (χ1n) is 8.67. The van der Waals surface area contributed by atoms with Crippen molar-refractivity contribution in [1.82, 2.24) is 10.0 Å². The van der Waals surface area contributed by atoms with Crippen molar-refractivity contribution in [2.24, 2.45) is 0 Å². The summed E-state index contributed by atoms with van der Waals surface area (Å²) in [5.41, 5.74) is 4.31. The maximum atomic E-state index is 12.3. The molecular formula is C20H26N2O3S. The molecule has 2 N–H and O–H groups in total. The first-order chi connectivity index (χ1) is 12.3. The van der Waals surface area contributed by atoms with Gasteiger partial charge in [-0.25, -0.2) is 13.1 Å². The number of hydrogen-bond donors (Lipinski definition) is 2. The molecule has 2 aromatic carbocycles. The van der Waals surface area contributed by atoms with Gasteiger partial charge in [-0.05, 0) is 56.0 Å². The van der Waals surface area contributed by atoms with Crippen LogP contribution in [0.1, 0.15) is 28.7 Å². The van der Waals surface area contributed by atoms with Gasteiger partial charge in [0.1, 0.15) is 0 Å².